The molecule has 1 atom stereocenters. The second-order valence-electron chi connectivity index (χ2n) is 3.96. The molecule has 1 aliphatic carbocycles. The summed E-state index contributed by atoms with van der Waals surface area (Å²) in [7, 11) is 0. The van der Waals surface area contributed by atoms with Crippen molar-refractivity contribution < 1.29 is 4.74 Å². The highest BCUT2D eigenvalue weighted by Crippen LogP contribution is 2.35. The molecule has 0 aromatic heterocycles. The van der Waals surface area contributed by atoms with Crippen molar-refractivity contribution in [1.82, 2.24) is 4.90 Å². The van der Waals surface area contributed by atoms with Crippen molar-refractivity contribution in [3.8, 4) is 6.07 Å². The van der Waals surface area contributed by atoms with Crippen molar-refractivity contribution in [3.05, 3.63) is 0 Å². The van der Waals surface area contributed by atoms with E-state index in [9.17, 15) is 0 Å². The average Bonchev–Trinajstić information content (AvgIpc) is 2.98. The molecule has 0 spiro atoms. The Labute approximate surface area is 79.3 Å². The van der Waals surface area contributed by atoms with E-state index in [-0.39, 0.29) is 0 Å². The summed E-state index contributed by atoms with van der Waals surface area (Å²) in [5.41, 5.74) is 0. The van der Waals surface area contributed by atoms with Crippen molar-refractivity contribution in [1.29, 1.82) is 5.26 Å². The molecule has 3 heteroatoms. The third kappa shape index (κ3) is 2.43. The van der Waals surface area contributed by atoms with Crippen LogP contribution >= 0.6 is 0 Å². The molecule has 1 heterocycles. The van der Waals surface area contributed by atoms with Gasteiger partial charge in [0.15, 0.2) is 0 Å². The molecule has 3 nitrogen and oxygen atoms in total. The predicted octanol–water partition coefficient (Wildman–Crippen LogP) is 1.01. The van der Waals surface area contributed by atoms with Gasteiger partial charge in [0.05, 0.1) is 18.8 Å². The molecule has 1 unspecified atom stereocenters. The summed E-state index contributed by atoms with van der Waals surface area (Å²) >= 11 is 0. The van der Waals surface area contributed by atoms with Gasteiger partial charge in [0, 0.05) is 26.1 Å². The highest BCUT2D eigenvalue weighted by Gasteiger charge is 2.34. The maximum atomic E-state index is 8.48. The van der Waals surface area contributed by atoms with E-state index in [0.717, 1.165) is 32.2 Å². The number of hydrogen-bond donors (Lipinski definition) is 0. The number of nitrogens with zero attached hydrogens (tertiary/aromatic N) is 2. The lowest BCUT2D eigenvalue weighted by molar-refractivity contribution is -0.0383. The van der Waals surface area contributed by atoms with Crippen LogP contribution in [0.15, 0.2) is 0 Å². The number of morpholine rings is 1. The molecule has 2 aliphatic rings. The van der Waals surface area contributed by atoms with Crippen LogP contribution in [0.4, 0.5) is 0 Å². The maximum Gasteiger partial charge on any atom is 0.0730 e. The standard InChI is InChI=1S/C10H16N2O/c11-4-1-5-12-6-7-13-10(8-12)9-2-3-9/h9-10H,1-3,5-8H2. The molecule has 0 amide bonds. The lowest BCUT2D eigenvalue weighted by Crippen LogP contribution is -2.43. The molecular weight excluding hydrogens is 164 g/mol. The minimum atomic E-state index is 0.465. The normalized spacial score (nSPS) is 29.9. The molecule has 1 saturated carbocycles. The zero-order chi connectivity index (χ0) is 9.10. The Hall–Kier alpha value is -0.590. The van der Waals surface area contributed by atoms with E-state index in [1.54, 1.807) is 0 Å². The minimum absolute atomic E-state index is 0.465. The number of nitriles is 1. The summed E-state index contributed by atoms with van der Waals surface area (Å²) in [6.07, 6.45) is 3.80. The highest BCUT2D eigenvalue weighted by molar-refractivity contribution is 4.87. The van der Waals surface area contributed by atoms with E-state index in [2.05, 4.69) is 11.0 Å². The van der Waals surface area contributed by atoms with Crippen LogP contribution in [0.5, 0.6) is 0 Å². The largest absolute Gasteiger partial charge is 0.375 e. The third-order valence-electron chi connectivity index (χ3n) is 2.87. The van der Waals surface area contributed by atoms with Crippen LogP contribution in [0.1, 0.15) is 19.3 Å². The monoisotopic (exact) mass is 180 g/mol. The second-order valence-corrected chi connectivity index (χ2v) is 3.96. The van der Waals surface area contributed by atoms with Crippen LogP contribution in [0, 0.1) is 17.2 Å². The van der Waals surface area contributed by atoms with Crippen LogP contribution in [-0.4, -0.2) is 37.2 Å². The van der Waals surface area contributed by atoms with Crippen LogP contribution in [0.2, 0.25) is 0 Å². The van der Waals surface area contributed by atoms with Gasteiger partial charge in [-0.25, -0.2) is 0 Å². The Morgan fingerprint density at radius 2 is 2.31 bits per heavy atom. The molecule has 0 radical (unpaired) electrons. The van der Waals surface area contributed by atoms with E-state index in [4.69, 9.17) is 10.00 Å². The quantitative estimate of drug-likeness (QED) is 0.650. The van der Waals surface area contributed by atoms with Crippen LogP contribution in [-0.2, 0) is 4.74 Å². The molecule has 2 rings (SSSR count). The van der Waals surface area contributed by atoms with Gasteiger partial charge >= 0.3 is 0 Å². The lowest BCUT2D eigenvalue weighted by atomic mass is 10.2. The maximum absolute atomic E-state index is 8.48. The Morgan fingerprint density at radius 1 is 1.46 bits per heavy atom. The second kappa shape index (κ2) is 4.08. The van der Waals surface area contributed by atoms with Gasteiger partial charge in [-0.15, -0.1) is 0 Å². The van der Waals surface area contributed by atoms with Crippen molar-refractivity contribution in [2.45, 2.75) is 25.4 Å². The molecule has 0 aromatic rings. The third-order valence-corrected chi connectivity index (χ3v) is 2.87. The van der Waals surface area contributed by atoms with Gasteiger partial charge in [0.1, 0.15) is 0 Å². The Bertz CT molecular complexity index is 207. The molecule has 0 aromatic carbocycles. The molecule has 1 aliphatic heterocycles. The molecule has 72 valence electrons. The first-order chi connectivity index (χ1) is 6.40. The molecule has 2 fully saturated rings. The van der Waals surface area contributed by atoms with Gasteiger partial charge in [-0.2, -0.15) is 5.26 Å². The Balaban J connectivity index is 1.75. The summed E-state index contributed by atoms with van der Waals surface area (Å²) in [5.74, 6) is 0.824. The first kappa shape index (κ1) is 8.98. The lowest BCUT2D eigenvalue weighted by Gasteiger charge is -2.32. The fraction of sp³-hybridized carbons (Fsp3) is 0.900. The topological polar surface area (TPSA) is 36.3 Å². The zero-order valence-corrected chi connectivity index (χ0v) is 7.91. The van der Waals surface area contributed by atoms with Gasteiger partial charge in [-0.05, 0) is 18.8 Å². The SMILES string of the molecule is N#CCCN1CCOC(C2CC2)C1. The fourth-order valence-corrected chi connectivity index (χ4v) is 1.90. The first-order valence-corrected chi connectivity index (χ1v) is 5.11. The van der Waals surface area contributed by atoms with Crippen molar-refractivity contribution >= 4 is 0 Å². The molecule has 0 bridgehead atoms. The van der Waals surface area contributed by atoms with Crippen molar-refractivity contribution in [2.24, 2.45) is 5.92 Å². The Kier molecular flexibility index (Phi) is 2.82. The summed E-state index contributed by atoms with van der Waals surface area (Å²) in [6, 6.07) is 2.19. The minimum Gasteiger partial charge on any atom is -0.375 e. The number of hydrogen-bond acceptors (Lipinski definition) is 3. The van der Waals surface area contributed by atoms with E-state index in [1.807, 2.05) is 0 Å². The van der Waals surface area contributed by atoms with Crippen molar-refractivity contribution in [3.63, 3.8) is 0 Å². The predicted molar refractivity (Wildman–Crippen MR) is 49.1 cm³/mol. The van der Waals surface area contributed by atoms with Crippen LogP contribution < -0.4 is 0 Å². The van der Waals surface area contributed by atoms with E-state index >= 15 is 0 Å². The highest BCUT2D eigenvalue weighted by atomic mass is 16.5. The molecule has 0 N–H and O–H groups in total. The fourth-order valence-electron chi connectivity index (χ4n) is 1.90. The van der Waals surface area contributed by atoms with Crippen LogP contribution in [0.25, 0.3) is 0 Å². The van der Waals surface area contributed by atoms with E-state index in [0.29, 0.717) is 12.5 Å². The van der Waals surface area contributed by atoms with Crippen molar-refractivity contribution in [2.75, 3.05) is 26.2 Å². The van der Waals surface area contributed by atoms with Gasteiger partial charge in [-0.1, -0.05) is 0 Å². The summed E-state index contributed by atoms with van der Waals surface area (Å²) in [5, 5.41) is 8.48. The number of ether oxygens (including phenoxy) is 1. The smallest absolute Gasteiger partial charge is 0.0730 e. The molecular formula is C10H16N2O. The zero-order valence-electron chi connectivity index (χ0n) is 7.91. The summed E-state index contributed by atoms with van der Waals surface area (Å²) in [6.45, 7) is 3.83. The molecule has 1 saturated heterocycles. The average molecular weight is 180 g/mol. The van der Waals surface area contributed by atoms with Gasteiger partial charge < -0.3 is 4.74 Å². The van der Waals surface area contributed by atoms with E-state index < -0.39 is 0 Å². The van der Waals surface area contributed by atoms with Gasteiger partial charge in [-0.3, -0.25) is 4.90 Å². The summed E-state index contributed by atoms with van der Waals surface area (Å²) < 4.78 is 5.69. The summed E-state index contributed by atoms with van der Waals surface area (Å²) in [4.78, 5) is 2.36. The molecule has 13 heavy (non-hydrogen) atoms. The van der Waals surface area contributed by atoms with Gasteiger partial charge in [0.25, 0.3) is 0 Å². The van der Waals surface area contributed by atoms with Crippen LogP contribution in [0.3, 0.4) is 0 Å². The number of rotatable bonds is 3. The Morgan fingerprint density at radius 3 is 3.00 bits per heavy atom. The first-order valence-electron chi connectivity index (χ1n) is 5.11. The van der Waals surface area contributed by atoms with Gasteiger partial charge in [0.2, 0.25) is 0 Å². The van der Waals surface area contributed by atoms with E-state index in [1.165, 1.54) is 12.8 Å².